The number of para-hydroxylation sites is 2. The summed E-state index contributed by atoms with van der Waals surface area (Å²) in [6.07, 6.45) is -0.754. The van der Waals surface area contributed by atoms with Crippen molar-refractivity contribution in [3.63, 3.8) is 0 Å². The number of imidazole rings is 1. The molecule has 0 bridgehead atoms. The van der Waals surface area contributed by atoms with Crippen LogP contribution in [0.3, 0.4) is 0 Å². The lowest BCUT2D eigenvalue weighted by molar-refractivity contribution is 0.0201. The van der Waals surface area contributed by atoms with E-state index in [0.717, 1.165) is 28.2 Å². The van der Waals surface area contributed by atoms with Crippen molar-refractivity contribution in [3.8, 4) is 23.0 Å². The number of nitrogens with zero attached hydrogens (tertiary/aromatic N) is 2. The van der Waals surface area contributed by atoms with Crippen LogP contribution in [0.1, 0.15) is 42.3 Å². The molecule has 8 heteroatoms. The van der Waals surface area contributed by atoms with Crippen LogP contribution in [0.5, 0.6) is 23.0 Å². The highest BCUT2D eigenvalue weighted by molar-refractivity contribution is 5.75. The summed E-state index contributed by atoms with van der Waals surface area (Å²) in [5.41, 5.74) is 5.15. The molecular weight excluding hydrogens is 496 g/mol. The molecule has 0 aliphatic rings. The first-order valence-corrected chi connectivity index (χ1v) is 13.1. The summed E-state index contributed by atoms with van der Waals surface area (Å²) in [5.74, 6) is 3.63. The number of aryl methyl sites for hydroxylation is 1. The van der Waals surface area contributed by atoms with Crippen LogP contribution >= 0.6 is 0 Å². The van der Waals surface area contributed by atoms with Gasteiger partial charge in [0.05, 0.1) is 58.2 Å². The van der Waals surface area contributed by atoms with Gasteiger partial charge in [-0.05, 0) is 65.9 Å². The predicted octanol–water partition coefficient (Wildman–Crippen LogP) is 5.65. The van der Waals surface area contributed by atoms with E-state index in [2.05, 4.69) is 32.9 Å². The smallest absolute Gasteiger partial charge is 0.203 e. The minimum absolute atomic E-state index is 0.138. The molecule has 1 atom stereocenters. The summed E-state index contributed by atoms with van der Waals surface area (Å²) in [6, 6.07) is 17.7. The minimum Gasteiger partial charge on any atom is -0.493 e. The third kappa shape index (κ3) is 6.64. The Balaban J connectivity index is 1.43. The van der Waals surface area contributed by atoms with Gasteiger partial charge in [0.25, 0.3) is 0 Å². The van der Waals surface area contributed by atoms with E-state index in [1.165, 1.54) is 11.1 Å². The Bertz CT molecular complexity index is 1370. The maximum absolute atomic E-state index is 10.9. The number of hydrogen-bond donors (Lipinski definition) is 1. The molecule has 0 radical (unpaired) electrons. The molecule has 0 saturated heterocycles. The van der Waals surface area contributed by atoms with Crippen LogP contribution in [0.2, 0.25) is 0 Å². The zero-order chi connectivity index (χ0) is 27.9. The van der Waals surface area contributed by atoms with E-state index in [1.807, 2.05) is 47.0 Å². The van der Waals surface area contributed by atoms with Gasteiger partial charge in [0.15, 0.2) is 11.5 Å². The van der Waals surface area contributed by atoms with Gasteiger partial charge in [0, 0.05) is 0 Å². The Morgan fingerprint density at radius 3 is 2.26 bits per heavy atom. The number of methoxy groups -OCH3 is 3. The summed E-state index contributed by atoms with van der Waals surface area (Å²) in [6.45, 7) is 7.50. The highest BCUT2D eigenvalue weighted by Crippen LogP contribution is 2.38. The maximum Gasteiger partial charge on any atom is 0.203 e. The molecular formula is C31H38N2O6. The number of rotatable bonds is 13. The number of aliphatic hydroxyl groups is 1. The topological polar surface area (TPSA) is 84.2 Å². The van der Waals surface area contributed by atoms with Gasteiger partial charge in [-0.25, -0.2) is 4.98 Å². The summed E-state index contributed by atoms with van der Waals surface area (Å²) < 4.78 is 30.2. The van der Waals surface area contributed by atoms with E-state index in [9.17, 15) is 5.11 Å². The molecule has 4 aromatic rings. The Morgan fingerprint density at radius 1 is 0.897 bits per heavy atom. The standard InChI is InChI=1S/C31H38N2O6/c1-20(2)25-12-11-24(13-21(25)3)39-19-30-32-26-9-7-8-10-27(26)33(30)16-23(34)18-38-17-22-14-28(35-4)31(37-6)29(15-22)36-5/h7-15,20,23,34H,16-19H2,1-6H3. The minimum atomic E-state index is -0.754. The molecule has 1 N–H and O–H groups in total. The van der Waals surface area contributed by atoms with Crippen LogP contribution < -0.4 is 18.9 Å². The Kier molecular flexibility index (Phi) is 9.32. The average molecular weight is 535 g/mol. The summed E-state index contributed by atoms with van der Waals surface area (Å²) in [7, 11) is 4.71. The predicted molar refractivity (Wildman–Crippen MR) is 151 cm³/mol. The molecule has 0 spiro atoms. The fraction of sp³-hybridized carbons (Fsp3) is 0.387. The lowest BCUT2D eigenvalue weighted by Gasteiger charge is -2.17. The van der Waals surface area contributed by atoms with E-state index in [1.54, 1.807) is 21.3 Å². The van der Waals surface area contributed by atoms with Crippen molar-refractivity contribution in [1.29, 1.82) is 0 Å². The number of aromatic nitrogens is 2. The molecule has 0 aliphatic carbocycles. The molecule has 8 nitrogen and oxygen atoms in total. The van der Waals surface area contributed by atoms with Gasteiger partial charge < -0.3 is 33.4 Å². The van der Waals surface area contributed by atoms with Gasteiger partial charge in [0.2, 0.25) is 5.75 Å². The van der Waals surface area contributed by atoms with E-state index in [0.29, 0.717) is 29.7 Å². The van der Waals surface area contributed by atoms with Crippen molar-refractivity contribution < 1.29 is 28.8 Å². The molecule has 208 valence electrons. The monoisotopic (exact) mass is 534 g/mol. The van der Waals surface area contributed by atoms with Gasteiger partial charge in [-0.1, -0.05) is 32.0 Å². The molecule has 39 heavy (non-hydrogen) atoms. The fourth-order valence-electron chi connectivity index (χ4n) is 4.77. The Labute approximate surface area is 230 Å². The van der Waals surface area contributed by atoms with E-state index >= 15 is 0 Å². The SMILES string of the molecule is COc1cc(COCC(O)Cn2c(COc3ccc(C(C)C)c(C)c3)nc3ccccc32)cc(OC)c1OC. The molecule has 4 rings (SSSR count). The first-order chi connectivity index (χ1) is 18.8. The normalized spacial score (nSPS) is 12.1. The van der Waals surface area contributed by atoms with E-state index < -0.39 is 6.10 Å². The molecule has 0 saturated carbocycles. The fourth-order valence-corrected chi connectivity index (χ4v) is 4.77. The van der Waals surface area contributed by atoms with Gasteiger partial charge in [-0.3, -0.25) is 0 Å². The van der Waals surface area contributed by atoms with Gasteiger partial charge in [-0.15, -0.1) is 0 Å². The highest BCUT2D eigenvalue weighted by atomic mass is 16.5. The lowest BCUT2D eigenvalue weighted by Crippen LogP contribution is -2.23. The number of ether oxygens (including phenoxy) is 5. The summed E-state index contributed by atoms with van der Waals surface area (Å²) >= 11 is 0. The maximum atomic E-state index is 10.9. The second-order valence-electron chi connectivity index (χ2n) is 9.79. The number of benzene rings is 3. The molecule has 1 heterocycles. The third-order valence-electron chi connectivity index (χ3n) is 6.66. The Hall–Kier alpha value is -3.75. The van der Waals surface area contributed by atoms with E-state index in [-0.39, 0.29) is 19.8 Å². The molecule has 1 unspecified atom stereocenters. The van der Waals surface area contributed by atoms with Crippen LogP contribution in [-0.2, 0) is 24.5 Å². The zero-order valence-electron chi connectivity index (χ0n) is 23.6. The highest BCUT2D eigenvalue weighted by Gasteiger charge is 2.17. The van der Waals surface area contributed by atoms with Gasteiger partial charge >= 0.3 is 0 Å². The average Bonchev–Trinajstić information content (AvgIpc) is 3.28. The zero-order valence-corrected chi connectivity index (χ0v) is 23.6. The number of aliphatic hydroxyl groups excluding tert-OH is 1. The lowest BCUT2D eigenvalue weighted by atomic mass is 9.98. The van der Waals surface area contributed by atoms with Crippen molar-refractivity contribution >= 4 is 11.0 Å². The molecule has 0 fully saturated rings. The number of hydrogen-bond acceptors (Lipinski definition) is 7. The van der Waals surface area contributed by atoms with Crippen molar-refractivity contribution in [2.75, 3.05) is 27.9 Å². The molecule has 0 amide bonds. The second kappa shape index (κ2) is 12.9. The Morgan fingerprint density at radius 2 is 1.62 bits per heavy atom. The quantitative estimate of drug-likeness (QED) is 0.237. The van der Waals surface area contributed by atoms with Crippen molar-refractivity contribution in [3.05, 3.63) is 77.1 Å². The molecule has 1 aromatic heterocycles. The van der Waals surface area contributed by atoms with Gasteiger partial charge in [-0.2, -0.15) is 0 Å². The first kappa shape index (κ1) is 28.3. The largest absolute Gasteiger partial charge is 0.493 e. The van der Waals surface area contributed by atoms with E-state index in [4.69, 9.17) is 28.7 Å². The second-order valence-corrected chi connectivity index (χ2v) is 9.79. The number of fused-ring (bicyclic) bond motifs is 1. The van der Waals surface area contributed by atoms with Crippen LogP contribution in [-0.4, -0.2) is 48.7 Å². The molecule has 0 aliphatic heterocycles. The van der Waals surface area contributed by atoms with Crippen LogP contribution in [0.15, 0.2) is 54.6 Å². The van der Waals surface area contributed by atoms with Crippen molar-refractivity contribution in [2.45, 2.75) is 52.6 Å². The van der Waals surface area contributed by atoms with Gasteiger partial charge in [0.1, 0.15) is 18.2 Å². The molecule has 3 aromatic carbocycles. The van der Waals surface area contributed by atoms with Crippen LogP contribution in [0.4, 0.5) is 0 Å². The third-order valence-corrected chi connectivity index (χ3v) is 6.66. The van der Waals surface area contributed by atoms with Crippen molar-refractivity contribution in [2.24, 2.45) is 0 Å². The van der Waals surface area contributed by atoms with Crippen LogP contribution in [0.25, 0.3) is 11.0 Å². The summed E-state index contributed by atoms with van der Waals surface area (Å²) in [4.78, 5) is 4.78. The first-order valence-electron chi connectivity index (χ1n) is 13.1. The summed E-state index contributed by atoms with van der Waals surface area (Å²) in [5, 5.41) is 10.9. The van der Waals surface area contributed by atoms with Crippen LogP contribution in [0, 0.1) is 6.92 Å². The van der Waals surface area contributed by atoms with Crippen molar-refractivity contribution in [1.82, 2.24) is 9.55 Å².